The smallest absolute Gasteiger partial charge is 0.307 e. The molecule has 4 nitrogen and oxygen atoms in total. The summed E-state index contributed by atoms with van der Waals surface area (Å²) in [7, 11) is 0. The van der Waals surface area contributed by atoms with Crippen LogP contribution in [0.5, 0.6) is 11.5 Å². The Balaban J connectivity index is 1.93. The average Bonchev–Trinajstić information content (AvgIpc) is 2.90. The molecular weight excluding hydrogens is 232 g/mol. The van der Waals surface area contributed by atoms with E-state index in [0.717, 1.165) is 5.56 Å². The highest BCUT2D eigenvalue weighted by molar-refractivity contribution is 6.32. The van der Waals surface area contributed by atoms with Crippen molar-refractivity contribution in [2.24, 2.45) is 5.92 Å². The SMILES string of the molecule is O=C(O)[C@@H]1C[C@H]1c1cc(Cl)c2c(c1)OCO2. The van der Waals surface area contributed by atoms with Gasteiger partial charge in [0.05, 0.1) is 10.9 Å². The van der Waals surface area contributed by atoms with E-state index >= 15 is 0 Å². The van der Waals surface area contributed by atoms with Gasteiger partial charge < -0.3 is 14.6 Å². The summed E-state index contributed by atoms with van der Waals surface area (Å²) in [5.74, 6) is 0.191. The first-order chi connectivity index (χ1) is 7.66. The third-order valence-electron chi connectivity index (χ3n) is 2.99. The molecule has 3 rings (SSSR count). The number of halogens is 1. The lowest BCUT2D eigenvalue weighted by Gasteiger charge is -2.03. The predicted octanol–water partition coefficient (Wildman–Crippen LogP) is 2.26. The van der Waals surface area contributed by atoms with Crippen LogP contribution in [-0.2, 0) is 4.79 Å². The molecule has 2 atom stereocenters. The Morgan fingerprint density at radius 2 is 2.25 bits per heavy atom. The zero-order valence-corrected chi connectivity index (χ0v) is 9.03. The molecule has 1 fully saturated rings. The maximum absolute atomic E-state index is 10.8. The number of carboxylic acids is 1. The van der Waals surface area contributed by atoms with Gasteiger partial charge >= 0.3 is 5.97 Å². The van der Waals surface area contributed by atoms with Gasteiger partial charge in [-0.05, 0) is 30.0 Å². The second-order valence-electron chi connectivity index (χ2n) is 4.02. The second-order valence-corrected chi connectivity index (χ2v) is 4.43. The summed E-state index contributed by atoms with van der Waals surface area (Å²) >= 11 is 6.02. The quantitative estimate of drug-likeness (QED) is 0.862. The number of hydrogen-bond acceptors (Lipinski definition) is 3. The van der Waals surface area contributed by atoms with Crippen LogP contribution in [0, 0.1) is 5.92 Å². The van der Waals surface area contributed by atoms with E-state index in [1.807, 2.05) is 6.07 Å². The minimum absolute atomic E-state index is 0.0597. The summed E-state index contributed by atoms with van der Waals surface area (Å²) in [6.45, 7) is 0.172. The van der Waals surface area contributed by atoms with Crippen LogP contribution in [0.4, 0.5) is 0 Å². The van der Waals surface area contributed by atoms with Crippen LogP contribution in [0.1, 0.15) is 17.9 Å². The number of carboxylic acid groups (broad SMARTS) is 1. The molecular formula is C11H9ClO4. The van der Waals surface area contributed by atoms with Gasteiger partial charge in [0, 0.05) is 0 Å². The van der Waals surface area contributed by atoms with E-state index in [4.69, 9.17) is 26.2 Å². The monoisotopic (exact) mass is 240 g/mol. The fourth-order valence-electron chi connectivity index (χ4n) is 2.04. The van der Waals surface area contributed by atoms with Crippen molar-refractivity contribution >= 4 is 17.6 Å². The minimum Gasteiger partial charge on any atom is -0.481 e. The minimum atomic E-state index is -0.751. The molecule has 0 radical (unpaired) electrons. The van der Waals surface area contributed by atoms with Gasteiger partial charge in [-0.1, -0.05) is 11.6 Å². The molecule has 2 aliphatic rings. The van der Waals surface area contributed by atoms with Gasteiger partial charge in [-0.25, -0.2) is 0 Å². The van der Waals surface area contributed by atoms with Crippen LogP contribution in [0.3, 0.4) is 0 Å². The molecule has 5 heteroatoms. The molecule has 1 aliphatic heterocycles. The first-order valence-corrected chi connectivity index (χ1v) is 5.36. The first-order valence-electron chi connectivity index (χ1n) is 4.98. The first kappa shape index (κ1) is 9.78. The maximum Gasteiger partial charge on any atom is 0.307 e. The molecule has 0 amide bonds. The Morgan fingerprint density at radius 1 is 1.44 bits per heavy atom. The van der Waals surface area contributed by atoms with Crippen LogP contribution in [0.15, 0.2) is 12.1 Å². The summed E-state index contributed by atoms with van der Waals surface area (Å²) in [6.07, 6.45) is 0.672. The molecule has 0 spiro atoms. The molecule has 1 saturated carbocycles. The number of hydrogen-bond donors (Lipinski definition) is 1. The van der Waals surface area contributed by atoms with E-state index in [-0.39, 0.29) is 18.6 Å². The molecule has 1 aliphatic carbocycles. The van der Waals surface area contributed by atoms with E-state index in [9.17, 15) is 4.79 Å². The predicted molar refractivity (Wildman–Crippen MR) is 56.1 cm³/mol. The maximum atomic E-state index is 10.8. The standard InChI is InChI=1S/C11H9ClO4/c12-8-1-5(6-3-7(6)11(13)14)2-9-10(8)16-4-15-9/h1-2,6-7H,3-4H2,(H,13,14)/t6-,7+/m0/s1. The van der Waals surface area contributed by atoms with Gasteiger partial charge in [-0.2, -0.15) is 0 Å². The summed E-state index contributed by atoms with van der Waals surface area (Å²) < 4.78 is 10.4. The van der Waals surface area contributed by atoms with Gasteiger partial charge in [-0.15, -0.1) is 0 Å². The van der Waals surface area contributed by atoms with E-state index in [1.54, 1.807) is 6.07 Å². The molecule has 0 saturated heterocycles. The molecule has 0 aromatic heterocycles. The van der Waals surface area contributed by atoms with Crippen LogP contribution in [0.2, 0.25) is 5.02 Å². The number of benzene rings is 1. The normalized spacial score (nSPS) is 25.6. The molecule has 1 aromatic carbocycles. The van der Waals surface area contributed by atoms with E-state index in [2.05, 4.69) is 0 Å². The number of aliphatic carboxylic acids is 1. The van der Waals surface area contributed by atoms with Gasteiger partial charge in [0.2, 0.25) is 6.79 Å². The molecule has 1 heterocycles. The van der Waals surface area contributed by atoms with Gasteiger partial charge in [-0.3, -0.25) is 4.79 Å². The molecule has 1 N–H and O–H groups in total. The molecule has 1 aromatic rings. The fourth-order valence-corrected chi connectivity index (χ4v) is 2.31. The lowest BCUT2D eigenvalue weighted by atomic mass is 10.1. The average molecular weight is 241 g/mol. The van der Waals surface area contributed by atoms with Crippen molar-refractivity contribution in [3.63, 3.8) is 0 Å². The highest BCUT2D eigenvalue weighted by Gasteiger charge is 2.44. The van der Waals surface area contributed by atoms with Crippen molar-refractivity contribution in [3.05, 3.63) is 22.7 Å². The van der Waals surface area contributed by atoms with Gasteiger partial charge in [0.1, 0.15) is 0 Å². The highest BCUT2D eigenvalue weighted by Crippen LogP contribution is 2.51. The van der Waals surface area contributed by atoms with Crippen LogP contribution < -0.4 is 9.47 Å². The lowest BCUT2D eigenvalue weighted by molar-refractivity contribution is -0.138. The van der Waals surface area contributed by atoms with Crippen molar-refractivity contribution < 1.29 is 19.4 Å². The number of fused-ring (bicyclic) bond motifs is 1. The van der Waals surface area contributed by atoms with Crippen LogP contribution in [-0.4, -0.2) is 17.9 Å². The Hall–Kier alpha value is -1.42. The van der Waals surface area contributed by atoms with Crippen molar-refractivity contribution in [2.75, 3.05) is 6.79 Å². The lowest BCUT2D eigenvalue weighted by Crippen LogP contribution is -1.98. The van der Waals surface area contributed by atoms with Crippen LogP contribution in [0.25, 0.3) is 0 Å². The Kier molecular flexibility index (Phi) is 2.01. The Bertz CT molecular complexity index is 471. The molecule has 0 bridgehead atoms. The third kappa shape index (κ3) is 1.41. The molecule has 0 unspecified atom stereocenters. The highest BCUT2D eigenvalue weighted by atomic mass is 35.5. The zero-order chi connectivity index (χ0) is 11.3. The van der Waals surface area contributed by atoms with Gasteiger partial charge in [0.15, 0.2) is 11.5 Å². The number of rotatable bonds is 2. The Labute approximate surface area is 96.7 Å². The Morgan fingerprint density at radius 3 is 2.94 bits per heavy atom. The zero-order valence-electron chi connectivity index (χ0n) is 8.27. The van der Waals surface area contributed by atoms with E-state index < -0.39 is 5.97 Å². The third-order valence-corrected chi connectivity index (χ3v) is 3.27. The summed E-state index contributed by atoms with van der Waals surface area (Å²) in [6, 6.07) is 3.59. The summed E-state index contributed by atoms with van der Waals surface area (Å²) in [5.41, 5.74) is 0.918. The summed E-state index contributed by atoms with van der Waals surface area (Å²) in [4.78, 5) is 10.8. The molecule has 16 heavy (non-hydrogen) atoms. The van der Waals surface area contributed by atoms with Crippen molar-refractivity contribution in [2.45, 2.75) is 12.3 Å². The van der Waals surface area contributed by atoms with E-state index in [1.165, 1.54) is 0 Å². The topological polar surface area (TPSA) is 55.8 Å². The fraction of sp³-hybridized carbons (Fsp3) is 0.364. The van der Waals surface area contributed by atoms with Crippen molar-refractivity contribution in [3.8, 4) is 11.5 Å². The summed E-state index contributed by atoms with van der Waals surface area (Å²) in [5, 5.41) is 9.35. The van der Waals surface area contributed by atoms with Crippen molar-refractivity contribution in [1.29, 1.82) is 0 Å². The second kappa shape index (κ2) is 3.28. The van der Waals surface area contributed by atoms with Gasteiger partial charge in [0.25, 0.3) is 0 Å². The van der Waals surface area contributed by atoms with Crippen molar-refractivity contribution in [1.82, 2.24) is 0 Å². The van der Waals surface area contributed by atoms with E-state index in [0.29, 0.717) is 22.9 Å². The number of ether oxygens (including phenoxy) is 2. The number of carbonyl (C=O) groups is 1. The van der Waals surface area contributed by atoms with Crippen LogP contribution >= 0.6 is 11.6 Å². The molecule has 84 valence electrons. The largest absolute Gasteiger partial charge is 0.481 e.